The minimum Gasteiger partial charge on any atom is -0.480 e. The largest absolute Gasteiger partial charge is 0.480 e. The van der Waals surface area contributed by atoms with E-state index in [2.05, 4.69) is 12.2 Å². The Morgan fingerprint density at radius 3 is 2.74 bits per heavy atom. The fraction of sp³-hybridized carbons (Fsp3) is 0.533. The molecule has 4 heteroatoms. The van der Waals surface area contributed by atoms with E-state index in [1.807, 2.05) is 12.1 Å². The van der Waals surface area contributed by atoms with Crippen molar-refractivity contribution in [2.24, 2.45) is 5.92 Å². The molecule has 0 bridgehead atoms. The third kappa shape index (κ3) is 3.21. The van der Waals surface area contributed by atoms with Gasteiger partial charge in [0, 0.05) is 10.7 Å². The maximum atomic E-state index is 11.7. The summed E-state index contributed by atoms with van der Waals surface area (Å²) in [6.07, 6.45) is 4.51. The second-order valence-electron chi connectivity index (χ2n) is 5.39. The lowest BCUT2D eigenvalue weighted by molar-refractivity contribution is -0.144. The molecule has 0 aromatic heterocycles. The van der Waals surface area contributed by atoms with Gasteiger partial charge in [-0.05, 0) is 43.0 Å². The molecule has 0 spiro atoms. The van der Waals surface area contributed by atoms with Gasteiger partial charge in [-0.3, -0.25) is 0 Å². The van der Waals surface area contributed by atoms with E-state index < -0.39 is 11.5 Å². The zero-order chi connectivity index (χ0) is 13.9. The van der Waals surface area contributed by atoms with Crippen LogP contribution in [0.4, 0.5) is 5.69 Å². The van der Waals surface area contributed by atoms with Crippen LogP contribution < -0.4 is 5.32 Å². The third-order valence-electron chi connectivity index (χ3n) is 4.07. The maximum Gasteiger partial charge on any atom is 0.329 e. The summed E-state index contributed by atoms with van der Waals surface area (Å²) in [4.78, 5) is 11.7. The molecule has 0 heterocycles. The average Bonchev–Trinajstić information content (AvgIpc) is 2.41. The van der Waals surface area contributed by atoms with Crippen LogP contribution in [-0.2, 0) is 4.79 Å². The fourth-order valence-corrected chi connectivity index (χ4v) is 3.03. The van der Waals surface area contributed by atoms with Crippen LogP contribution in [0.3, 0.4) is 0 Å². The number of nitrogens with one attached hydrogen (secondary N) is 1. The van der Waals surface area contributed by atoms with Gasteiger partial charge in [-0.2, -0.15) is 0 Å². The van der Waals surface area contributed by atoms with Crippen molar-refractivity contribution in [2.75, 3.05) is 5.32 Å². The molecule has 19 heavy (non-hydrogen) atoms. The van der Waals surface area contributed by atoms with Gasteiger partial charge in [0.05, 0.1) is 0 Å². The number of carboxylic acids is 1. The lowest BCUT2D eigenvalue weighted by Gasteiger charge is -2.38. The molecular formula is C15H20ClNO2. The first-order valence-electron chi connectivity index (χ1n) is 6.83. The molecule has 0 aliphatic heterocycles. The standard InChI is InChI=1S/C15H20ClNO2/c1-2-11-4-3-9-15(10-11,14(18)19)17-13-7-5-12(16)6-8-13/h5-8,11,17H,2-4,9-10H2,1H3,(H,18,19). The summed E-state index contributed by atoms with van der Waals surface area (Å²) in [6.45, 7) is 2.13. The molecule has 3 nitrogen and oxygen atoms in total. The van der Waals surface area contributed by atoms with E-state index in [0.29, 0.717) is 23.8 Å². The van der Waals surface area contributed by atoms with Gasteiger partial charge in [-0.1, -0.05) is 37.8 Å². The molecule has 2 N–H and O–H groups in total. The molecule has 0 radical (unpaired) electrons. The van der Waals surface area contributed by atoms with Crippen LogP contribution in [0.5, 0.6) is 0 Å². The number of hydrogen-bond donors (Lipinski definition) is 2. The lowest BCUT2D eigenvalue weighted by atomic mass is 9.74. The van der Waals surface area contributed by atoms with Gasteiger partial charge in [0.2, 0.25) is 0 Å². The Balaban J connectivity index is 2.19. The predicted octanol–water partition coefficient (Wildman–Crippen LogP) is 4.18. The first kappa shape index (κ1) is 14.2. The molecule has 0 saturated heterocycles. The molecule has 1 fully saturated rings. The highest BCUT2D eigenvalue weighted by molar-refractivity contribution is 6.30. The smallest absolute Gasteiger partial charge is 0.329 e. The highest BCUT2D eigenvalue weighted by Crippen LogP contribution is 2.37. The monoisotopic (exact) mass is 281 g/mol. The summed E-state index contributed by atoms with van der Waals surface area (Å²) in [5, 5.41) is 13.5. The molecule has 2 rings (SSSR count). The highest BCUT2D eigenvalue weighted by Gasteiger charge is 2.42. The van der Waals surface area contributed by atoms with Gasteiger partial charge in [-0.25, -0.2) is 4.79 Å². The van der Waals surface area contributed by atoms with E-state index in [9.17, 15) is 9.90 Å². The highest BCUT2D eigenvalue weighted by atomic mass is 35.5. The Kier molecular flexibility index (Phi) is 4.35. The molecule has 1 aromatic rings. The van der Waals surface area contributed by atoms with Crippen molar-refractivity contribution in [3.8, 4) is 0 Å². The van der Waals surface area contributed by atoms with Crippen LogP contribution in [-0.4, -0.2) is 16.6 Å². The van der Waals surface area contributed by atoms with Crippen molar-refractivity contribution in [1.29, 1.82) is 0 Å². The predicted molar refractivity (Wildman–Crippen MR) is 77.7 cm³/mol. The minimum atomic E-state index is -0.827. The Bertz CT molecular complexity index is 446. The Hall–Kier alpha value is -1.22. The van der Waals surface area contributed by atoms with Crippen molar-refractivity contribution in [3.05, 3.63) is 29.3 Å². The number of rotatable bonds is 4. The Morgan fingerprint density at radius 1 is 1.47 bits per heavy atom. The van der Waals surface area contributed by atoms with Crippen LogP contribution in [0.1, 0.15) is 39.0 Å². The first-order valence-corrected chi connectivity index (χ1v) is 7.21. The number of benzene rings is 1. The van der Waals surface area contributed by atoms with Crippen LogP contribution in [0.15, 0.2) is 24.3 Å². The Labute approximate surface area is 119 Å². The maximum absolute atomic E-state index is 11.7. The molecule has 104 valence electrons. The first-order chi connectivity index (χ1) is 9.05. The quantitative estimate of drug-likeness (QED) is 0.870. The summed E-state index contributed by atoms with van der Waals surface area (Å²) in [5.74, 6) is -0.259. The third-order valence-corrected chi connectivity index (χ3v) is 4.32. The second-order valence-corrected chi connectivity index (χ2v) is 5.83. The van der Waals surface area contributed by atoms with Crippen molar-refractivity contribution in [3.63, 3.8) is 0 Å². The van der Waals surface area contributed by atoms with Crippen LogP contribution in [0.25, 0.3) is 0 Å². The van der Waals surface area contributed by atoms with Gasteiger partial charge >= 0.3 is 5.97 Å². The normalized spacial score (nSPS) is 26.9. The summed E-state index contributed by atoms with van der Waals surface area (Å²) in [7, 11) is 0. The minimum absolute atomic E-state index is 0.490. The zero-order valence-electron chi connectivity index (χ0n) is 11.2. The van der Waals surface area contributed by atoms with E-state index in [4.69, 9.17) is 11.6 Å². The molecule has 2 atom stereocenters. The number of aliphatic carboxylic acids is 1. The van der Waals surface area contributed by atoms with Crippen molar-refractivity contribution in [2.45, 2.75) is 44.6 Å². The summed E-state index contributed by atoms with van der Waals surface area (Å²) in [5.41, 5.74) is -0.00390. The van der Waals surface area contributed by atoms with Gasteiger partial charge in [0.1, 0.15) is 5.54 Å². The average molecular weight is 282 g/mol. The molecular weight excluding hydrogens is 262 g/mol. The number of halogens is 1. The molecule has 1 aliphatic rings. The number of carboxylic acid groups (broad SMARTS) is 1. The fourth-order valence-electron chi connectivity index (χ4n) is 2.91. The van der Waals surface area contributed by atoms with Crippen LogP contribution in [0, 0.1) is 5.92 Å². The molecule has 1 aromatic carbocycles. The number of hydrogen-bond acceptors (Lipinski definition) is 2. The van der Waals surface area contributed by atoms with E-state index in [1.54, 1.807) is 12.1 Å². The van der Waals surface area contributed by atoms with Gasteiger partial charge in [0.15, 0.2) is 0 Å². The molecule has 1 saturated carbocycles. The van der Waals surface area contributed by atoms with E-state index in [0.717, 1.165) is 24.9 Å². The summed E-state index contributed by atoms with van der Waals surface area (Å²) < 4.78 is 0. The SMILES string of the molecule is CCC1CCCC(Nc2ccc(Cl)cc2)(C(=O)O)C1. The van der Waals surface area contributed by atoms with E-state index in [1.165, 1.54) is 0 Å². The summed E-state index contributed by atoms with van der Waals surface area (Å²) >= 11 is 5.85. The van der Waals surface area contributed by atoms with Crippen molar-refractivity contribution < 1.29 is 9.90 Å². The van der Waals surface area contributed by atoms with Gasteiger partial charge in [0.25, 0.3) is 0 Å². The number of anilines is 1. The molecule has 2 unspecified atom stereocenters. The molecule has 0 amide bonds. The lowest BCUT2D eigenvalue weighted by Crippen LogP contribution is -2.49. The zero-order valence-corrected chi connectivity index (χ0v) is 11.9. The topological polar surface area (TPSA) is 49.3 Å². The van der Waals surface area contributed by atoms with Crippen molar-refractivity contribution in [1.82, 2.24) is 0 Å². The van der Waals surface area contributed by atoms with Gasteiger partial charge in [-0.15, -0.1) is 0 Å². The summed E-state index contributed by atoms with van der Waals surface area (Å²) in [6, 6.07) is 7.23. The van der Waals surface area contributed by atoms with Crippen LogP contribution in [0.2, 0.25) is 5.02 Å². The van der Waals surface area contributed by atoms with E-state index >= 15 is 0 Å². The Morgan fingerprint density at radius 2 is 2.16 bits per heavy atom. The van der Waals surface area contributed by atoms with Crippen LogP contribution >= 0.6 is 11.6 Å². The van der Waals surface area contributed by atoms with Crippen molar-refractivity contribution >= 4 is 23.3 Å². The molecule has 1 aliphatic carbocycles. The van der Waals surface area contributed by atoms with E-state index in [-0.39, 0.29) is 0 Å². The second kappa shape index (κ2) is 5.83. The number of carbonyl (C=O) groups is 1. The van der Waals surface area contributed by atoms with Gasteiger partial charge < -0.3 is 10.4 Å².